The molecule has 1 atom stereocenters. The molecule has 1 aliphatic rings. The summed E-state index contributed by atoms with van der Waals surface area (Å²) < 4.78 is 26.9. The number of likely N-dealkylation sites (tertiary alicyclic amines) is 1. The van der Waals surface area contributed by atoms with Gasteiger partial charge in [-0.05, 0) is 49.6 Å². The average Bonchev–Trinajstić information content (AvgIpc) is 3.16. The van der Waals surface area contributed by atoms with Crippen LogP contribution >= 0.6 is 0 Å². The van der Waals surface area contributed by atoms with Crippen molar-refractivity contribution in [2.24, 2.45) is 0 Å². The van der Waals surface area contributed by atoms with Gasteiger partial charge < -0.3 is 0 Å². The summed E-state index contributed by atoms with van der Waals surface area (Å²) >= 11 is 0. The van der Waals surface area contributed by atoms with Crippen molar-refractivity contribution in [3.63, 3.8) is 0 Å². The Morgan fingerprint density at radius 3 is 2.70 bits per heavy atom. The summed E-state index contributed by atoms with van der Waals surface area (Å²) in [6.07, 6.45) is 3.87. The topological polar surface area (TPSA) is 31.9 Å². The van der Waals surface area contributed by atoms with Crippen molar-refractivity contribution in [3.8, 4) is 11.1 Å². The van der Waals surface area contributed by atoms with Crippen molar-refractivity contribution in [2.75, 3.05) is 13.1 Å². The van der Waals surface area contributed by atoms with E-state index < -0.39 is 11.6 Å². The second-order valence-corrected chi connectivity index (χ2v) is 7.39. The zero-order chi connectivity index (χ0) is 18.8. The van der Waals surface area contributed by atoms with Crippen molar-refractivity contribution in [1.29, 1.82) is 0 Å². The summed E-state index contributed by atoms with van der Waals surface area (Å²) in [4.78, 5) is 2.45. The number of aromatic amines is 1. The standard InChI is InChI=1S/C22H23F2N3/c1-15-4-6-16(7-5-15)13-27-10-2-3-18(14-27)22-19(12-25-26-22)17-8-9-20(23)21(24)11-17/h4-9,11-12,18H,2-3,10,13-14H2,1H3,(H,25,26)/t18-/m1/s1. The molecule has 5 heteroatoms. The summed E-state index contributed by atoms with van der Waals surface area (Å²) in [5, 5.41) is 7.29. The Morgan fingerprint density at radius 1 is 1.11 bits per heavy atom. The molecule has 140 valence electrons. The number of aromatic nitrogens is 2. The molecule has 1 aliphatic heterocycles. The summed E-state index contributed by atoms with van der Waals surface area (Å²) in [5.41, 5.74) is 5.11. The Hall–Kier alpha value is -2.53. The highest BCUT2D eigenvalue weighted by Gasteiger charge is 2.25. The number of hydrogen-bond acceptors (Lipinski definition) is 2. The van der Waals surface area contributed by atoms with Crippen LogP contribution in [0.4, 0.5) is 8.78 Å². The van der Waals surface area contributed by atoms with Crippen molar-refractivity contribution in [2.45, 2.75) is 32.2 Å². The predicted octanol–water partition coefficient (Wildman–Crippen LogP) is 5.04. The van der Waals surface area contributed by atoms with E-state index in [1.54, 1.807) is 12.3 Å². The maximum Gasteiger partial charge on any atom is 0.159 e. The van der Waals surface area contributed by atoms with Crippen molar-refractivity contribution in [1.82, 2.24) is 15.1 Å². The SMILES string of the molecule is Cc1ccc(CN2CCC[C@@H](c3[nH]ncc3-c3ccc(F)c(F)c3)C2)cc1. The first kappa shape index (κ1) is 17.9. The Labute approximate surface area is 158 Å². The molecular weight excluding hydrogens is 344 g/mol. The van der Waals surface area contributed by atoms with Crippen molar-refractivity contribution in [3.05, 3.63) is 77.1 Å². The van der Waals surface area contributed by atoms with Gasteiger partial charge in [-0.25, -0.2) is 8.78 Å². The summed E-state index contributed by atoms with van der Waals surface area (Å²) in [6.45, 7) is 5.01. The molecule has 0 aliphatic carbocycles. The van der Waals surface area contributed by atoms with Gasteiger partial charge in [-0.2, -0.15) is 5.10 Å². The zero-order valence-corrected chi connectivity index (χ0v) is 15.4. The smallest absolute Gasteiger partial charge is 0.159 e. The first-order valence-corrected chi connectivity index (χ1v) is 9.37. The third-order valence-corrected chi connectivity index (χ3v) is 5.34. The van der Waals surface area contributed by atoms with E-state index in [0.29, 0.717) is 11.5 Å². The van der Waals surface area contributed by atoms with Crippen LogP contribution in [-0.4, -0.2) is 28.2 Å². The number of piperidine rings is 1. The van der Waals surface area contributed by atoms with E-state index in [1.807, 2.05) is 0 Å². The molecule has 0 radical (unpaired) electrons. The average molecular weight is 367 g/mol. The van der Waals surface area contributed by atoms with E-state index in [9.17, 15) is 8.78 Å². The van der Waals surface area contributed by atoms with Gasteiger partial charge >= 0.3 is 0 Å². The summed E-state index contributed by atoms with van der Waals surface area (Å²) in [7, 11) is 0. The minimum absolute atomic E-state index is 0.301. The van der Waals surface area contributed by atoms with E-state index in [2.05, 4.69) is 46.3 Å². The highest BCUT2D eigenvalue weighted by molar-refractivity contribution is 5.66. The Morgan fingerprint density at radius 2 is 1.93 bits per heavy atom. The second-order valence-electron chi connectivity index (χ2n) is 7.39. The van der Waals surface area contributed by atoms with Crippen LogP contribution in [0, 0.1) is 18.6 Å². The third-order valence-electron chi connectivity index (χ3n) is 5.34. The van der Waals surface area contributed by atoms with Crippen molar-refractivity contribution < 1.29 is 8.78 Å². The zero-order valence-electron chi connectivity index (χ0n) is 15.4. The van der Waals surface area contributed by atoms with Crippen LogP contribution in [0.5, 0.6) is 0 Å². The minimum atomic E-state index is -0.829. The van der Waals surface area contributed by atoms with Crippen LogP contribution in [-0.2, 0) is 6.54 Å². The number of nitrogens with one attached hydrogen (secondary N) is 1. The van der Waals surface area contributed by atoms with Gasteiger partial charge in [0.25, 0.3) is 0 Å². The van der Waals surface area contributed by atoms with Crippen LogP contribution in [0.15, 0.2) is 48.7 Å². The molecule has 27 heavy (non-hydrogen) atoms. The lowest BCUT2D eigenvalue weighted by Gasteiger charge is -2.32. The third kappa shape index (κ3) is 3.93. The molecule has 3 nitrogen and oxygen atoms in total. The van der Waals surface area contributed by atoms with Gasteiger partial charge in [0.2, 0.25) is 0 Å². The number of nitrogens with zero attached hydrogens (tertiary/aromatic N) is 2. The second kappa shape index (κ2) is 7.61. The molecule has 2 aromatic carbocycles. The molecule has 1 saturated heterocycles. The molecule has 1 fully saturated rings. The van der Waals surface area contributed by atoms with Crippen LogP contribution in [0.25, 0.3) is 11.1 Å². The first-order valence-electron chi connectivity index (χ1n) is 9.37. The number of H-pyrrole nitrogens is 1. The molecule has 4 rings (SSSR count). The van der Waals surface area contributed by atoms with Crippen LogP contribution < -0.4 is 0 Å². The maximum absolute atomic E-state index is 13.7. The summed E-state index contributed by atoms with van der Waals surface area (Å²) in [6, 6.07) is 12.7. The Kier molecular flexibility index (Phi) is 5.03. The molecule has 1 aromatic heterocycles. The lowest BCUT2D eigenvalue weighted by Crippen LogP contribution is -2.34. The molecule has 1 N–H and O–H groups in total. The fraction of sp³-hybridized carbons (Fsp3) is 0.318. The normalized spacial score (nSPS) is 18.0. The maximum atomic E-state index is 13.7. The Bertz CT molecular complexity index is 918. The fourth-order valence-corrected chi connectivity index (χ4v) is 3.89. The van der Waals surface area contributed by atoms with Crippen LogP contribution in [0.3, 0.4) is 0 Å². The van der Waals surface area contributed by atoms with Gasteiger partial charge in [0.15, 0.2) is 11.6 Å². The van der Waals surface area contributed by atoms with Gasteiger partial charge in [-0.3, -0.25) is 10.00 Å². The minimum Gasteiger partial charge on any atom is -0.298 e. The van der Waals surface area contributed by atoms with Crippen LogP contribution in [0.2, 0.25) is 0 Å². The van der Waals surface area contributed by atoms with Gasteiger partial charge in [0, 0.05) is 30.3 Å². The van der Waals surface area contributed by atoms with Gasteiger partial charge in [0.05, 0.1) is 6.20 Å². The Balaban J connectivity index is 1.52. The molecule has 3 aromatic rings. The van der Waals surface area contributed by atoms with Gasteiger partial charge in [-0.1, -0.05) is 35.9 Å². The molecule has 0 bridgehead atoms. The summed E-state index contributed by atoms with van der Waals surface area (Å²) in [5.74, 6) is -1.36. The monoisotopic (exact) mass is 367 g/mol. The largest absolute Gasteiger partial charge is 0.298 e. The first-order chi connectivity index (χ1) is 13.1. The predicted molar refractivity (Wildman–Crippen MR) is 102 cm³/mol. The molecule has 2 heterocycles. The molecule has 0 unspecified atom stereocenters. The molecule has 0 spiro atoms. The lowest BCUT2D eigenvalue weighted by molar-refractivity contribution is 0.198. The quantitative estimate of drug-likeness (QED) is 0.700. The number of hydrogen-bond donors (Lipinski definition) is 1. The number of rotatable bonds is 4. The molecule has 0 saturated carbocycles. The van der Waals surface area contributed by atoms with E-state index in [4.69, 9.17) is 0 Å². The molecule has 0 amide bonds. The van der Waals surface area contributed by atoms with Crippen molar-refractivity contribution >= 4 is 0 Å². The van der Waals surface area contributed by atoms with E-state index in [1.165, 1.54) is 23.3 Å². The fourth-order valence-electron chi connectivity index (χ4n) is 3.89. The van der Waals surface area contributed by atoms with E-state index in [-0.39, 0.29) is 0 Å². The van der Waals surface area contributed by atoms with Crippen LogP contribution in [0.1, 0.15) is 35.6 Å². The highest BCUT2D eigenvalue weighted by atomic mass is 19.2. The molecular formula is C22H23F2N3. The van der Waals surface area contributed by atoms with Gasteiger partial charge in [-0.15, -0.1) is 0 Å². The van der Waals surface area contributed by atoms with E-state index >= 15 is 0 Å². The number of halogens is 2. The highest BCUT2D eigenvalue weighted by Crippen LogP contribution is 2.33. The lowest BCUT2D eigenvalue weighted by atomic mass is 9.90. The van der Waals surface area contributed by atoms with E-state index in [0.717, 1.165) is 43.7 Å². The number of aryl methyl sites for hydroxylation is 1. The van der Waals surface area contributed by atoms with Gasteiger partial charge in [0.1, 0.15) is 0 Å². The number of benzene rings is 2.